The van der Waals surface area contributed by atoms with Crippen LogP contribution in [-0.4, -0.2) is 48.8 Å². The third-order valence-electron chi connectivity index (χ3n) is 4.93. The minimum absolute atomic E-state index is 0.197. The standard InChI is InChI=1S/C17H20FNO4/c18-14-13-10-17(22-8-9-23-17)6-7-19(15(13)14)16(20)21-11-12-4-2-1-3-5-12/h1-5,13-15H,6-11H2/t13?,14-,15-/m0/s1. The molecule has 1 aromatic rings. The van der Waals surface area contributed by atoms with Crippen LogP contribution in [0.2, 0.25) is 0 Å². The Bertz CT molecular complexity index is 575. The number of alkyl halides is 1. The normalized spacial score (nSPS) is 31.5. The Labute approximate surface area is 134 Å². The van der Waals surface area contributed by atoms with Gasteiger partial charge in [0.2, 0.25) is 0 Å². The maximum atomic E-state index is 14.1. The number of benzene rings is 1. The maximum absolute atomic E-state index is 14.1. The topological polar surface area (TPSA) is 48.0 Å². The zero-order chi connectivity index (χ0) is 15.9. The van der Waals surface area contributed by atoms with Gasteiger partial charge in [0.15, 0.2) is 5.79 Å². The summed E-state index contributed by atoms with van der Waals surface area (Å²) < 4.78 is 30.9. The molecular weight excluding hydrogens is 301 g/mol. The summed E-state index contributed by atoms with van der Waals surface area (Å²) in [6, 6.07) is 9.07. The summed E-state index contributed by atoms with van der Waals surface area (Å²) in [4.78, 5) is 13.9. The second-order valence-electron chi connectivity index (χ2n) is 6.39. The zero-order valence-corrected chi connectivity index (χ0v) is 12.8. The lowest BCUT2D eigenvalue weighted by Gasteiger charge is -2.27. The number of carbonyl (C=O) groups is 1. The van der Waals surface area contributed by atoms with Gasteiger partial charge in [0.1, 0.15) is 12.8 Å². The van der Waals surface area contributed by atoms with E-state index in [1.807, 2.05) is 30.3 Å². The van der Waals surface area contributed by atoms with Crippen molar-refractivity contribution in [2.75, 3.05) is 19.8 Å². The van der Waals surface area contributed by atoms with Crippen molar-refractivity contribution in [3.05, 3.63) is 35.9 Å². The van der Waals surface area contributed by atoms with Crippen LogP contribution in [0.5, 0.6) is 0 Å². The van der Waals surface area contributed by atoms with Gasteiger partial charge in [-0.2, -0.15) is 0 Å². The molecule has 1 aliphatic carbocycles. The SMILES string of the molecule is O=C(OCc1ccccc1)N1CCC2(CC3[C@H](F)[C@H]31)OCCO2. The van der Waals surface area contributed by atoms with Crippen molar-refractivity contribution in [3.63, 3.8) is 0 Å². The highest BCUT2D eigenvalue weighted by Gasteiger charge is 2.62. The van der Waals surface area contributed by atoms with Gasteiger partial charge >= 0.3 is 6.09 Å². The number of ether oxygens (including phenoxy) is 3. The van der Waals surface area contributed by atoms with Gasteiger partial charge in [0.05, 0.1) is 19.3 Å². The molecule has 1 unspecified atom stereocenters. The van der Waals surface area contributed by atoms with Crippen molar-refractivity contribution >= 4 is 6.09 Å². The second-order valence-corrected chi connectivity index (χ2v) is 6.39. The van der Waals surface area contributed by atoms with Crippen LogP contribution in [-0.2, 0) is 20.8 Å². The van der Waals surface area contributed by atoms with Gasteiger partial charge in [0, 0.05) is 25.3 Å². The fourth-order valence-electron chi connectivity index (χ4n) is 3.63. The lowest BCUT2D eigenvalue weighted by molar-refractivity contribution is -0.168. The molecule has 0 bridgehead atoms. The van der Waals surface area contributed by atoms with Crippen LogP contribution in [0.25, 0.3) is 0 Å². The molecule has 3 aliphatic rings. The van der Waals surface area contributed by atoms with E-state index in [9.17, 15) is 9.18 Å². The van der Waals surface area contributed by atoms with Gasteiger partial charge in [-0.3, -0.25) is 0 Å². The molecule has 2 heterocycles. The van der Waals surface area contributed by atoms with Crippen LogP contribution >= 0.6 is 0 Å². The number of nitrogens with zero attached hydrogens (tertiary/aromatic N) is 1. The highest BCUT2D eigenvalue weighted by Crippen LogP contribution is 2.50. The molecule has 124 valence electrons. The van der Waals surface area contributed by atoms with E-state index in [0.29, 0.717) is 32.6 Å². The number of amides is 1. The summed E-state index contributed by atoms with van der Waals surface area (Å²) in [5, 5.41) is 0. The Kier molecular flexibility index (Phi) is 3.73. The molecule has 3 fully saturated rings. The van der Waals surface area contributed by atoms with E-state index < -0.39 is 24.1 Å². The molecule has 1 amide bonds. The molecule has 6 heteroatoms. The van der Waals surface area contributed by atoms with Crippen molar-refractivity contribution in [1.29, 1.82) is 0 Å². The van der Waals surface area contributed by atoms with Gasteiger partial charge in [-0.05, 0) is 5.56 Å². The van der Waals surface area contributed by atoms with E-state index in [-0.39, 0.29) is 12.5 Å². The largest absolute Gasteiger partial charge is 0.445 e. The summed E-state index contributed by atoms with van der Waals surface area (Å²) in [6.45, 7) is 1.66. The molecule has 0 radical (unpaired) electrons. The average molecular weight is 321 g/mol. The first kappa shape index (κ1) is 14.9. The number of likely N-dealkylation sites (tertiary alicyclic amines) is 1. The van der Waals surface area contributed by atoms with Crippen LogP contribution < -0.4 is 0 Å². The van der Waals surface area contributed by atoms with Gasteiger partial charge in [0.25, 0.3) is 0 Å². The Hall–Kier alpha value is -1.66. The van der Waals surface area contributed by atoms with Crippen LogP contribution in [0.15, 0.2) is 30.3 Å². The molecular formula is C17H20FNO4. The molecule has 1 aromatic carbocycles. The van der Waals surface area contributed by atoms with Crippen LogP contribution in [0, 0.1) is 5.92 Å². The minimum atomic E-state index is -1.01. The zero-order valence-electron chi connectivity index (χ0n) is 12.8. The van der Waals surface area contributed by atoms with Crippen LogP contribution in [0.4, 0.5) is 9.18 Å². The van der Waals surface area contributed by atoms with E-state index >= 15 is 0 Å². The molecule has 0 aromatic heterocycles. The fourth-order valence-corrected chi connectivity index (χ4v) is 3.63. The van der Waals surface area contributed by atoms with Crippen LogP contribution in [0.3, 0.4) is 0 Å². The smallest absolute Gasteiger partial charge is 0.410 e. The van der Waals surface area contributed by atoms with E-state index in [2.05, 4.69) is 0 Å². The molecule has 2 aliphatic heterocycles. The van der Waals surface area contributed by atoms with Crippen molar-refractivity contribution in [3.8, 4) is 0 Å². The molecule has 1 saturated carbocycles. The Balaban J connectivity index is 1.41. The number of carbonyl (C=O) groups excluding carboxylic acids is 1. The van der Waals surface area contributed by atoms with Gasteiger partial charge in [-0.1, -0.05) is 30.3 Å². The molecule has 23 heavy (non-hydrogen) atoms. The predicted molar refractivity (Wildman–Crippen MR) is 79.4 cm³/mol. The average Bonchev–Trinajstić information content (AvgIpc) is 2.99. The summed E-state index contributed by atoms with van der Waals surface area (Å²) in [5.41, 5.74) is 0.916. The number of fused-ring (bicyclic) bond motifs is 1. The number of hydrogen-bond donors (Lipinski definition) is 0. The summed E-state index contributed by atoms with van der Waals surface area (Å²) in [5.74, 6) is -0.919. The monoisotopic (exact) mass is 321 g/mol. The van der Waals surface area contributed by atoms with E-state index in [4.69, 9.17) is 14.2 Å². The summed E-state index contributed by atoms with van der Waals surface area (Å²) in [6.07, 6.45) is -0.391. The second kappa shape index (κ2) is 5.76. The Morgan fingerprint density at radius 3 is 2.78 bits per heavy atom. The minimum Gasteiger partial charge on any atom is -0.445 e. The van der Waals surface area contributed by atoms with Crippen molar-refractivity contribution < 1.29 is 23.4 Å². The third-order valence-corrected chi connectivity index (χ3v) is 4.93. The predicted octanol–water partition coefficient (Wildman–Crippen LogP) is 2.50. The highest BCUT2D eigenvalue weighted by atomic mass is 19.1. The van der Waals surface area contributed by atoms with Gasteiger partial charge in [-0.15, -0.1) is 0 Å². The lowest BCUT2D eigenvalue weighted by atomic mass is 10.1. The summed E-state index contributed by atoms with van der Waals surface area (Å²) >= 11 is 0. The number of hydrogen-bond acceptors (Lipinski definition) is 4. The number of rotatable bonds is 2. The van der Waals surface area contributed by atoms with Gasteiger partial charge in [-0.25, -0.2) is 9.18 Å². The van der Waals surface area contributed by atoms with Gasteiger partial charge < -0.3 is 19.1 Å². The summed E-state index contributed by atoms with van der Waals surface area (Å²) in [7, 11) is 0. The third kappa shape index (κ3) is 2.81. The molecule has 0 N–H and O–H groups in total. The van der Waals surface area contributed by atoms with E-state index in [1.165, 1.54) is 4.90 Å². The van der Waals surface area contributed by atoms with E-state index in [0.717, 1.165) is 5.56 Å². The Morgan fingerprint density at radius 2 is 2.04 bits per heavy atom. The fraction of sp³-hybridized carbons (Fsp3) is 0.588. The maximum Gasteiger partial charge on any atom is 0.410 e. The quantitative estimate of drug-likeness (QED) is 0.840. The molecule has 5 nitrogen and oxygen atoms in total. The first-order chi connectivity index (χ1) is 11.2. The molecule has 3 atom stereocenters. The van der Waals surface area contributed by atoms with Crippen molar-refractivity contribution in [2.45, 2.75) is 37.4 Å². The number of halogens is 1. The first-order valence-corrected chi connectivity index (χ1v) is 8.08. The molecule has 4 rings (SSSR count). The van der Waals surface area contributed by atoms with E-state index in [1.54, 1.807) is 0 Å². The first-order valence-electron chi connectivity index (χ1n) is 8.08. The van der Waals surface area contributed by atoms with Crippen LogP contribution in [0.1, 0.15) is 18.4 Å². The van der Waals surface area contributed by atoms with Crippen molar-refractivity contribution in [1.82, 2.24) is 4.90 Å². The lowest BCUT2D eigenvalue weighted by Crippen LogP contribution is -2.38. The Morgan fingerprint density at radius 1 is 1.30 bits per heavy atom. The molecule has 2 saturated heterocycles. The van der Waals surface area contributed by atoms with Crippen molar-refractivity contribution in [2.24, 2.45) is 5.92 Å². The highest BCUT2D eigenvalue weighted by molar-refractivity contribution is 5.69. The molecule has 1 spiro atoms.